The minimum Gasteiger partial charge on any atom is -0.322 e. The maximum atomic E-state index is 12.8. The number of imide groups is 1. The molecule has 1 fully saturated rings. The molecular formula is C20H19N7O3. The maximum absolute atomic E-state index is 12.8. The molecule has 152 valence electrons. The Morgan fingerprint density at radius 3 is 2.83 bits per heavy atom. The number of carbonyl (C=O) groups excluding carboxylic acids is 3. The molecule has 2 aromatic heterocycles. The van der Waals surface area contributed by atoms with Gasteiger partial charge in [0.15, 0.2) is 0 Å². The number of benzene rings is 1. The Morgan fingerprint density at radius 2 is 2.07 bits per heavy atom. The van der Waals surface area contributed by atoms with Crippen molar-refractivity contribution in [2.45, 2.75) is 38.9 Å². The van der Waals surface area contributed by atoms with E-state index in [1.807, 2.05) is 30.1 Å². The minimum atomic E-state index is -0.626. The van der Waals surface area contributed by atoms with Crippen molar-refractivity contribution in [2.75, 3.05) is 0 Å². The van der Waals surface area contributed by atoms with Crippen LogP contribution in [0.15, 0.2) is 36.8 Å². The van der Waals surface area contributed by atoms with Gasteiger partial charge in [0.05, 0.1) is 18.1 Å². The second-order valence-corrected chi connectivity index (χ2v) is 7.37. The third kappa shape index (κ3) is 2.97. The Bertz CT molecular complexity index is 1180. The second kappa shape index (κ2) is 6.90. The van der Waals surface area contributed by atoms with Crippen LogP contribution in [-0.4, -0.2) is 53.4 Å². The zero-order chi connectivity index (χ0) is 20.8. The second-order valence-electron chi connectivity index (χ2n) is 7.37. The summed E-state index contributed by atoms with van der Waals surface area (Å²) < 4.78 is 3.47. The zero-order valence-corrected chi connectivity index (χ0v) is 16.3. The highest BCUT2D eigenvalue weighted by Gasteiger charge is 2.39. The molecule has 0 radical (unpaired) electrons. The fraction of sp³-hybridized carbons (Fsp3) is 0.300. The van der Waals surface area contributed by atoms with Gasteiger partial charge in [0, 0.05) is 36.8 Å². The number of rotatable bonds is 4. The Balaban J connectivity index is 1.39. The monoisotopic (exact) mass is 405 g/mol. The van der Waals surface area contributed by atoms with Crippen molar-refractivity contribution in [3.05, 3.63) is 47.9 Å². The molecule has 0 saturated carbocycles. The van der Waals surface area contributed by atoms with E-state index in [2.05, 4.69) is 20.7 Å². The number of hydrogen-bond acceptors (Lipinski definition) is 6. The van der Waals surface area contributed by atoms with Gasteiger partial charge < -0.3 is 4.90 Å². The van der Waals surface area contributed by atoms with Crippen molar-refractivity contribution < 1.29 is 14.4 Å². The third-order valence-corrected chi connectivity index (χ3v) is 5.52. The summed E-state index contributed by atoms with van der Waals surface area (Å²) >= 11 is 0. The van der Waals surface area contributed by atoms with E-state index < -0.39 is 11.9 Å². The molecule has 1 aromatic carbocycles. The summed E-state index contributed by atoms with van der Waals surface area (Å²) in [5, 5.41) is 15.0. The van der Waals surface area contributed by atoms with Gasteiger partial charge in [-0.05, 0) is 37.1 Å². The van der Waals surface area contributed by atoms with Crippen molar-refractivity contribution in [2.24, 2.45) is 0 Å². The Kier molecular flexibility index (Phi) is 4.19. The number of aromatic nitrogens is 5. The number of nitrogens with one attached hydrogen (secondary N) is 1. The molecule has 3 amide bonds. The summed E-state index contributed by atoms with van der Waals surface area (Å²) in [4.78, 5) is 37.9. The van der Waals surface area contributed by atoms with Crippen LogP contribution >= 0.6 is 0 Å². The van der Waals surface area contributed by atoms with E-state index in [4.69, 9.17) is 0 Å². The molecule has 1 N–H and O–H groups in total. The zero-order valence-electron chi connectivity index (χ0n) is 16.3. The van der Waals surface area contributed by atoms with Crippen molar-refractivity contribution in [1.82, 2.24) is 35.0 Å². The minimum absolute atomic E-state index is 0.197. The summed E-state index contributed by atoms with van der Waals surface area (Å²) in [6, 6.07) is 4.81. The van der Waals surface area contributed by atoms with Crippen LogP contribution in [-0.2, 0) is 22.7 Å². The van der Waals surface area contributed by atoms with E-state index in [0.29, 0.717) is 24.2 Å². The number of carbonyl (C=O) groups is 3. The number of hydrogen-bond donors (Lipinski definition) is 1. The molecule has 0 bridgehead atoms. The van der Waals surface area contributed by atoms with Gasteiger partial charge in [-0.3, -0.25) is 24.4 Å². The van der Waals surface area contributed by atoms with Gasteiger partial charge in [0.1, 0.15) is 11.7 Å². The molecule has 2 aliphatic heterocycles. The lowest BCUT2D eigenvalue weighted by molar-refractivity contribution is -0.136. The van der Waals surface area contributed by atoms with Crippen molar-refractivity contribution >= 4 is 17.7 Å². The molecular weight excluding hydrogens is 386 g/mol. The summed E-state index contributed by atoms with van der Waals surface area (Å²) in [6.07, 6.45) is 6.05. The standard InChI is InChI=1S/C20H19N7O3/c1-2-25-9-13(8-21-25)16-11-27(24-23-16)14-3-4-15-12(7-14)10-26(20(15)30)17-5-6-18(28)22-19(17)29/h3-4,7-9,11,17H,2,5-6,10H2,1H3,(H,22,28,29). The topological polar surface area (TPSA) is 115 Å². The summed E-state index contributed by atoms with van der Waals surface area (Å²) in [5.41, 5.74) is 3.74. The van der Waals surface area contributed by atoms with E-state index in [1.54, 1.807) is 23.0 Å². The fourth-order valence-corrected chi connectivity index (χ4v) is 3.89. The molecule has 3 aromatic rings. The maximum Gasteiger partial charge on any atom is 0.255 e. The first kappa shape index (κ1) is 18.2. The molecule has 1 saturated heterocycles. The van der Waals surface area contributed by atoms with E-state index in [9.17, 15) is 14.4 Å². The lowest BCUT2D eigenvalue weighted by atomic mass is 10.0. The van der Waals surface area contributed by atoms with Gasteiger partial charge in [-0.2, -0.15) is 5.10 Å². The quantitative estimate of drug-likeness (QED) is 0.645. The molecule has 0 spiro atoms. The molecule has 10 nitrogen and oxygen atoms in total. The average Bonchev–Trinajstić information content (AvgIpc) is 3.46. The number of aryl methyl sites for hydroxylation is 1. The fourth-order valence-electron chi connectivity index (χ4n) is 3.89. The van der Waals surface area contributed by atoms with Crippen LogP contribution in [0.5, 0.6) is 0 Å². The smallest absolute Gasteiger partial charge is 0.255 e. The van der Waals surface area contributed by atoms with Crippen molar-refractivity contribution in [1.29, 1.82) is 0 Å². The summed E-state index contributed by atoms with van der Waals surface area (Å²) in [5.74, 6) is -0.910. The molecule has 30 heavy (non-hydrogen) atoms. The Hall–Kier alpha value is -3.82. The SMILES string of the molecule is CCn1cc(-c2cn(-c3ccc4c(c3)CN(C3CCC(=O)NC3=O)C4=O)nn2)cn1. The first-order valence-corrected chi connectivity index (χ1v) is 9.76. The van der Waals surface area contributed by atoms with Crippen molar-refractivity contribution in [3.8, 4) is 16.9 Å². The van der Waals surface area contributed by atoms with Crippen molar-refractivity contribution in [3.63, 3.8) is 0 Å². The van der Waals surface area contributed by atoms with Gasteiger partial charge in [-0.15, -0.1) is 5.10 Å². The summed E-state index contributed by atoms with van der Waals surface area (Å²) in [6.45, 7) is 3.10. The lowest BCUT2D eigenvalue weighted by Crippen LogP contribution is -2.52. The molecule has 5 rings (SSSR count). The van der Waals surface area contributed by atoms with Gasteiger partial charge in [0.25, 0.3) is 5.91 Å². The highest BCUT2D eigenvalue weighted by molar-refractivity contribution is 6.05. The normalized spacial score (nSPS) is 18.6. The highest BCUT2D eigenvalue weighted by atomic mass is 16.2. The third-order valence-electron chi connectivity index (χ3n) is 5.52. The first-order valence-electron chi connectivity index (χ1n) is 9.76. The highest BCUT2D eigenvalue weighted by Crippen LogP contribution is 2.29. The first-order chi connectivity index (χ1) is 14.5. The van der Waals surface area contributed by atoms with Crippen LogP contribution in [0.2, 0.25) is 0 Å². The van der Waals surface area contributed by atoms with E-state index >= 15 is 0 Å². The predicted octanol–water partition coefficient (Wildman–Crippen LogP) is 0.912. The van der Waals surface area contributed by atoms with Crippen LogP contribution in [0.25, 0.3) is 16.9 Å². The van der Waals surface area contributed by atoms with Gasteiger partial charge in [0.2, 0.25) is 11.8 Å². The molecule has 0 aliphatic carbocycles. The van der Waals surface area contributed by atoms with Crippen LogP contribution in [0, 0.1) is 0 Å². The average molecular weight is 405 g/mol. The number of piperidine rings is 1. The molecule has 4 heterocycles. The largest absolute Gasteiger partial charge is 0.322 e. The van der Waals surface area contributed by atoms with Gasteiger partial charge in [-0.1, -0.05) is 5.21 Å². The lowest BCUT2D eigenvalue weighted by Gasteiger charge is -2.29. The molecule has 2 aliphatic rings. The van der Waals surface area contributed by atoms with E-state index in [0.717, 1.165) is 23.4 Å². The number of fused-ring (bicyclic) bond motifs is 1. The van der Waals surface area contributed by atoms with Gasteiger partial charge in [-0.25, -0.2) is 4.68 Å². The number of amides is 3. The predicted molar refractivity (Wildman–Crippen MR) is 104 cm³/mol. The molecule has 1 unspecified atom stereocenters. The van der Waals surface area contributed by atoms with Crippen LogP contribution in [0.3, 0.4) is 0 Å². The van der Waals surface area contributed by atoms with Crippen LogP contribution in [0.4, 0.5) is 0 Å². The van der Waals surface area contributed by atoms with Gasteiger partial charge >= 0.3 is 0 Å². The molecule has 10 heteroatoms. The number of nitrogens with zero attached hydrogens (tertiary/aromatic N) is 6. The Morgan fingerprint density at radius 1 is 1.20 bits per heavy atom. The summed E-state index contributed by atoms with van der Waals surface area (Å²) in [7, 11) is 0. The van der Waals surface area contributed by atoms with E-state index in [-0.39, 0.29) is 18.2 Å². The van der Waals surface area contributed by atoms with Crippen LogP contribution in [0.1, 0.15) is 35.7 Å². The van der Waals surface area contributed by atoms with Crippen LogP contribution < -0.4 is 5.32 Å². The van der Waals surface area contributed by atoms with E-state index in [1.165, 1.54) is 4.90 Å². The Labute approximate surface area is 171 Å². The molecule has 1 atom stereocenters.